The minimum Gasteiger partial charge on any atom is -0.362 e. The fraction of sp³-hybridized carbons (Fsp3) is 0.500. The highest BCUT2D eigenvalue weighted by atomic mass is 16.2. The third-order valence-electron chi connectivity index (χ3n) is 4.03. The fourth-order valence-corrected chi connectivity index (χ4v) is 3.24. The molecule has 0 radical (unpaired) electrons. The molecule has 0 saturated heterocycles. The van der Waals surface area contributed by atoms with Crippen LogP contribution in [0.1, 0.15) is 43.0 Å². The van der Waals surface area contributed by atoms with Crippen molar-refractivity contribution in [3.8, 4) is 0 Å². The Morgan fingerprint density at radius 3 is 2.71 bits per heavy atom. The highest BCUT2D eigenvalue weighted by Crippen LogP contribution is 2.41. The molecule has 1 heterocycles. The van der Waals surface area contributed by atoms with Gasteiger partial charge in [-0.25, -0.2) is 0 Å². The van der Waals surface area contributed by atoms with Gasteiger partial charge in [0.05, 0.1) is 5.56 Å². The summed E-state index contributed by atoms with van der Waals surface area (Å²) in [5.74, 6) is 0.184. The van der Waals surface area contributed by atoms with Crippen molar-refractivity contribution in [2.45, 2.75) is 38.3 Å². The van der Waals surface area contributed by atoms with Crippen molar-refractivity contribution in [3.63, 3.8) is 0 Å². The van der Waals surface area contributed by atoms with Crippen LogP contribution >= 0.6 is 0 Å². The number of carbonyl (C=O) groups is 1. The topological polar surface area (TPSA) is 32.3 Å². The molecule has 2 aliphatic rings. The lowest BCUT2D eigenvalue weighted by molar-refractivity contribution is 0.0535. The van der Waals surface area contributed by atoms with Crippen molar-refractivity contribution in [2.24, 2.45) is 0 Å². The van der Waals surface area contributed by atoms with Gasteiger partial charge in [-0.1, -0.05) is 12.1 Å². The zero-order chi connectivity index (χ0) is 11.9. The van der Waals surface area contributed by atoms with E-state index in [4.69, 9.17) is 0 Å². The van der Waals surface area contributed by atoms with Crippen LogP contribution in [-0.2, 0) is 0 Å². The van der Waals surface area contributed by atoms with Crippen LogP contribution in [0.3, 0.4) is 0 Å². The molecule has 1 saturated carbocycles. The molecular weight excluding hydrogens is 212 g/mol. The maximum atomic E-state index is 12.5. The minimum atomic E-state index is -0.111. The van der Waals surface area contributed by atoms with Crippen molar-refractivity contribution in [2.75, 3.05) is 11.9 Å². The predicted octanol–water partition coefficient (Wildman–Crippen LogP) is 2.84. The summed E-state index contributed by atoms with van der Waals surface area (Å²) in [4.78, 5) is 14.5. The summed E-state index contributed by atoms with van der Waals surface area (Å²) in [7, 11) is 0. The van der Waals surface area contributed by atoms with E-state index in [0.717, 1.165) is 30.6 Å². The average molecular weight is 230 g/mol. The Hall–Kier alpha value is -1.51. The number of hydrogen-bond donors (Lipinski definition) is 1. The van der Waals surface area contributed by atoms with Crippen LogP contribution < -0.4 is 5.32 Å². The minimum absolute atomic E-state index is 0.111. The second-order valence-electron chi connectivity index (χ2n) is 4.96. The molecule has 17 heavy (non-hydrogen) atoms. The van der Waals surface area contributed by atoms with E-state index in [1.54, 1.807) is 0 Å². The smallest absolute Gasteiger partial charge is 0.257 e. The first kappa shape index (κ1) is 10.6. The molecule has 90 valence electrons. The van der Waals surface area contributed by atoms with Crippen LogP contribution in [0.25, 0.3) is 0 Å². The molecule has 1 amide bonds. The van der Waals surface area contributed by atoms with E-state index >= 15 is 0 Å². The predicted molar refractivity (Wildman–Crippen MR) is 68.0 cm³/mol. The van der Waals surface area contributed by atoms with Gasteiger partial charge in [0.2, 0.25) is 0 Å². The van der Waals surface area contributed by atoms with Crippen molar-refractivity contribution < 1.29 is 4.79 Å². The first-order chi connectivity index (χ1) is 8.27. The number of nitrogens with one attached hydrogen (secondary N) is 1. The molecule has 3 nitrogen and oxygen atoms in total. The molecule has 1 aromatic carbocycles. The molecule has 0 bridgehead atoms. The van der Waals surface area contributed by atoms with Crippen LogP contribution in [0, 0.1) is 0 Å². The molecule has 1 aliphatic heterocycles. The maximum Gasteiger partial charge on any atom is 0.257 e. The molecule has 1 fully saturated rings. The Balaban J connectivity index is 2.08. The quantitative estimate of drug-likeness (QED) is 0.804. The number of anilines is 1. The summed E-state index contributed by atoms with van der Waals surface area (Å²) < 4.78 is 0. The third kappa shape index (κ3) is 1.45. The van der Waals surface area contributed by atoms with Crippen molar-refractivity contribution in [3.05, 3.63) is 29.8 Å². The first-order valence-electron chi connectivity index (χ1n) is 6.46. The van der Waals surface area contributed by atoms with Gasteiger partial charge in [-0.2, -0.15) is 0 Å². The maximum absolute atomic E-state index is 12.5. The second-order valence-corrected chi connectivity index (χ2v) is 4.96. The number of hydrogen-bond acceptors (Lipinski definition) is 2. The van der Waals surface area contributed by atoms with Gasteiger partial charge in [-0.3, -0.25) is 4.79 Å². The van der Waals surface area contributed by atoms with E-state index in [9.17, 15) is 4.79 Å². The van der Waals surface area contributed by atoms with E-state index in [1.165, 1.54) is 12.8 Å². The van der Waals surface area contributed by atoms with Crippen molar-refractivity contribution >= 4 is 11.6 Å². The highest BCUT2D eigenvalue weighted by Gasteiger charge is 2.45. The third-order valence-corrected chi connectivity index (χ3v) is 4.03. The van der Waals surface area contributed by atoms with Gasteiger partial charge in [-0.05, 0) is 44.7 Å². The molecule has 0 unspecified atom stereocenters. The van der Waals surface area contributed by atoms with Crippen LogP contribution in [0.2, 0.25) is 0 Å². The molecule has 0 atom stereocenters. The lowest BCUT2D eigenvalue weighted by Crippen LogP contribution is -2.58. The zero-order valence-electron chi connectivity index (χ0n) is 10.2. The largest absolute Gasteiger partial charge is 0.362 e. The summed E-state index contributed by atoms with van der Waals surface area (Å²) in [6.07, 6.45) is 4.56. The fourth-order valence-electron chi connectivity index (χ4n) is 3.24. The second kappa shape index (κ2) is 3.76. The van der Waals surface area contributed by atoms with Crippen molar-refractivity contribution in [1.29, 1.82) is 0 Å². The Kier molecular flexibility index (Phi) is 2.35. The van der Waals surface area contributed by atoms with Gasteiger partial charge in [-0.15, -0.1) is 0 Å². The SMILES string of the molecule is CCN1C(=O)c2ccccc2NC12CCCC2. The Morgan fingerprint density at radius 1 is 1.29 bits per heavy atom. The molecule has 1 N–H and O–H groups in total. The summed E-state index contributed by atoms with van der Waals surface area (Å²) in [6.45, 7) is 2.84. The van der Waals surface area contributed by atoms with Crippen molar-refractivity contribution in [1.82, 2.24) is 4.90 Å². The number of amides is 1. The summed E-state index contributed by atoms with van der Waals surface area (Å²) in [6, 6.07) is 7.84. The molecule has 1 aliphatic carbocycles. The molecule has 1 aromatic rings. The molecular formula is C14H18N2O. The lowest BCUT2D eigenvalue weighted by atomic mass is 9.98. The van der Waals surface area contributed by atoms with Crippen LogP contribution in [-0.4, -0.2) is 23.0 Å². The van der Waals surface area contributed by atoms with E-state index in [0.29, 0.717) is 0 Å². The first-order valence-corrected chi connectivity index (χ1v) is 6.46. The number of nitrogens with zero attached hydrogens (tertiary/aromatic N) is 1. The molecule has 1 spiro atoms. The van der Waals surface area contributed by atoms with Crippen LogP contribution in [0.5, 0.6) is 0 Å². The zero-order valence-corrected chi connectivity index (χ0v) is 10.2. The normalized spacial score (nSPS) is 21.5. The number of para-hydroxylation sites is 1. The van der Waals surface area contributed by atoms with Gasteiger partial charge >= 0.3 is 0 Å². The van der Waals surface area contributed by atoms with Crippen LogP contribution in [0.15, 0.2) is 24.3 Å². The van der Waals surface area contributed by atoms with Gasteiger partial charge < -0.3 is 10.2 Å². The van der Waals surface area contributed by atoms with E-state index in [-0.39, 0.29) is 11.6 Å². The summed E-state index contributed by atoms with van der Waals surface area (Å²) in [5.41, 5.74) is 1.70. The summed E-state index contributed by atoms with van der Waals surface area (Å²) in [5, 5.41) is 3.61. The lowest BCUT2D eigenvalue weighted by Gasteiger charge is -2.46. The van der Waals surface area contributed by atoms with Gasteiger partial charge in [0.15, 0.2) is 0 Å². The standard InChI is InChI=1S/C14H18N2O/c1-2-16-13(17)11-7-3-4-8-12(11)15-14(16)9-5-6-10-14/h3-4,7-8,15H,2,5-6,9-10H2,1H3. The van der Waals surface area contributed by atoms with E-state index < -0.39 is 0 Å². The van der Waals surface area contributed by atoms with Gasteiger partial charge in [0, 0.05) is 12.2 Å². The average Bonchev–Trinajstić information content (AvgIpc) is 2.79. The highest BCUT2D eigenvalue weighted by molar-refractivity contribution is 6.02. The monoisotopic (exact) mass is 230 g/mol. The Morgan fingerprint density at radius 2 is 2.00 bits per heavy atom. The van der Waals surface area contributed by atoms with Crippen LogP contribution in [0.4, 0.5) is 5.69 Å². The Labute approximate surface area is 102 Å². The number of benzene rings is 1. The molecule has 3 rings (SSSR count). The van der Waals surface area contributed by atoms with Gasteiger partial charge in [0.25, 0.3) is 5.91 Å². The Bertz CT molecular complexity index is 449. The number of rotatable bonds is 1. The van der Waals surface area contributed by atoms with E-state index in [2.05, 4.69) is 12.2 Å². The summed E-state index contributed by atoms with van der Waals surface area (Å²) >= 11 is 0. The van der Waals surface area contributed by atoms with E-state index in [1.807, 2.05) is 29.2 Å². The molecule has 0 aromatic heterocycles. The van der Waals surface area contributed by atoms with Gasteiger partial charge in [0.1, 0.15) is 5.66 Å². The molecule has 3 heteroatoms. The number of carbonyl (C=O) groups excluding carboxylic acids is 1. The number of fused-ring (bicyclic) bond motifs is 1.